The molecule has 1 aliphatic heterocycles. The Labute approximate surface area is 172 Å². The summed E-state index contributed by atoms with van der Waals surface area (Å²) < 4.78 is 0. The molecule has 0 spiro atoms. The van der Waals surface area contributed by atoms with Crippen molar-refractivity contribution >= 4 is 33.4 Å². The van der Waals surface area contributed by atoms with Crippen molar-refractivity contribution in [2.24, 2.45) is 5.73 Å². The maximum Gasteiger partial charge on any atom is 0.257 e. The number of hydrogen-bond acceptors (Lipinski definition) is 6. The van der Waals surface area contributed by atoms with E-state index >= 15 is 0 Å². The minimum absolute atomic E-state index is 0.234. The second-order valence-corrected chi connectivity index (χ2v) is 7.87. The Hall–Kier alpha value is -3.26. The van der Waals surface area contributed by atoms with Gasteiger partial charge in [0.25, 0.3) is 5.91 Å². The van der Waals surface area contributed by atoms with Crippen LogP contribution >= 0.6 is 11.3 Å². The minimum atomic E-state index is -0.467. The standard InChI is InChI=1S/C21H21N5O2S/c22-18(27)15-9-7-14(8-10-15)16-5-4-6-17(13-16)19(28)23-20-24-25-21(29-20)26-11-2-1-3-12-26/h4-10,13H,1-3,11-12H2,(H2,22,27)(H,23,24,28). The molecule has 1 fully saturated rings. The van der Waals surface area contributed by atoms with Crippen LogP contribution in [0.1, 0.15) is 40.0 Å². The number of anilines is 2. The van der Waals surface area contributed by atoms with E-state index in [0.29, 0.717) is 16.3 Å². The number of nitrogens with one attached hydrogen (secondary N) is 1. The van der Waals surface area contributed by atoms with Crippen molar-refractivity contribution < 1.29 is 9.59 Å². The van der Waals surface area contributed by atoms with Crippen molar-refractivity contribution in [3.63, 3.8) is 0 Å². The number of piperidine rings is 1. The summed E-state index contributed by atoms with van der Waals surface area (Å²) in [5, 5.41) is 12.5. The van der Waals surface area contributed by atoms with Crippen LogP contribution in [0.4, 0.5) is 10.3 Å². The topological polar surface area (TPSA) is 101 Å². The first-order valence-electron chi connectivity index (χ1n) is 9.50. The fourth-order valence-corrected chi connectivity index (χ4v) is 4.11. The second kappa shape index (κ2) is 8.40. The lowest BCUT2D eigenvalue weighted by Crippen LogP contribution is -2.29. The molecule has 4 rings (SSSR count). The minimum Gasteiger partial charge on any atom is -0.366 e. The van der Waals surface area contributed by atoms with E-state index in [1.54, 1.807) is 24.3 Å². The van der Waals surface area contributed by atoms with Crippen molar-refractivity contribution in [1.82, 2.24) is 10.2 Å². The first-order chi connectivity index (χ1) is 14.1. The number of amides is 2. The average molecular weight is 407 g/mol. The highest BCUT2D eigenvalue weighted by molar-refractivity contribution is 7.19. The largest absolute Gasteiger partial charge is 0.366 e. The van der Waals surface area contributed by atoms with Gasteiger partial charge >= 0.3 is 0 Å². The molecule has 0 radical (unpaired) electrons. The van der Waals surface area contributed by atoms with Crippen molar-refractivity contribution in [1.29, 1.82) is 0 Å². The summed E-state index contributed by atoms with van der Waals surface area (Å²) in [5.41, 5.74) is 8.03. The zero-order valence-corrected chi connectivity index (χ0v) is 16.6. The van der Waals surface area contributed by atoms with E-state index in [0.717, 1.165) is 42.2 Å². The van der Waals surface area contributed by atoms with E-state index in [4.69, 9.17) is 5.73 Å². The molecule has 1 aromatic heterocycles. The van der Waals surface area contributed by atoms with E-state index in [2.05, 4.69) is 20.4 Å². The van der Waals surface area contributed by atoms with Gasteiger partial charge in [0.2, 0.25) is 16.2 Å². The van der Waals surface area contributed by atoms with Gasteiger partial charge in [0.1, 0.15) is 0 Å². The number of carbonyl (C=O) groups excluding carboxylic acids is 2. The van der Waals surface area contributed by atoms with Gasteiger partial charge in [0.15, 0.2) is 0 Å². The second-order valence-electron chi connectivity index (χ2n) is 6.91. The lowest BCUT2D eigenvalue weighted by Gasteiger charge is -2.25. The summed E-state index contributed by atoms with van der Waals surface area (Å²) in [5.74, 6) is -0.701. The molecule has 0 atom stereocenters. The van der Waals surface area contributed by atoms with Gasteiger partial charge in [-0.15, -0.1) is 10.2 Å². The molecule has 2 amide bonds. The number of nitrogens with two attached hydrogens (primary N) is 1. The zero-order valence-electron chi connectivity index (χ0n) is 15.8. The average Bonchev–Trinajstić information content (AvgIpc) is 3.23. The van der Waals surface area contributed by atoms with Crippen LogP contribution in [-0.4, -0.2) is 35.1 Å². The van der Waals surface area contributed by atoms with E-state index in [1.807, 2.05) is 24.3 Å². The van der Waals surface area contributed by atoms with Gasteiger partial charge in [-0.05, 0) is 54.7 Å². The molecule has 0 aliphatic carbocycles. The first kappa shape index (κ1) is 19.1. The molecule has 3 N–H and O–H groups in total. The van der Waals surface area contributed by atoms with Crippen LogP contribution in [0.15, 0.2) is 48.5 Å². The lowest BCUT2D eigenvalue weighted by molar-refractivity contribution is 0.0997. The summed E-state index contributed by atoms with van der Waals surface area (Å²) in [6.45, 7) is 1.97. The molecule has 8 heteroatoms. The number of nitrogens with zero attached hydrogens (tertiary/aromatic N) is 3. The SMILES string of the molecule is NC(=O)c1ccc(-c2cccc(C(=O)Nc3nnc(N4CCCCC4)s3)c2)cc1. The number of benzene rings is 2. The smallest absolute Gasteiger partial charge is 0.257 e. The van der Waals surface area contributed by atoms with Crippen LogP contribution in [-0.2, 0) is 0 Å². The van der Waals surface area contributed by atoms with E-state index in [1.165, 1.54) is 17.8 Å². The van der Waals surface area contributed by atoms with Crippen LogP contribution in [0.5, 0.6) is 0 Å². The Balaban J connectivity index is 1.47. The van der Waals surface area contributed by atoms with Gasteiger partial charge in [-0.3, -0.25) is 14.9 Å². The maximum absolute atomic E-state index is 12.7. The van der Waals surface area contributed by atoms with Gasteiger partial charge in [-0.25, -0.2) is 0 Å². The third kappa shape index (κ3) is 4.43. The van der Waals surface area contributed by atoms with Crippen LogP contribution in [0, 0.1) is 0 Å². The summed E-state index contributed by atoms with van der Waals surface area (Å²) in [6, 6.07) is 14.3. The quantitative estimate of drug-likeness (QED) is 0.674. The van der Waals surface area contributed by atoms with Crippen molar-refractivity contribution in [2.45, 2.75) is 19.3 Å². The predicted molar refractivity (Wildman–Crippen MR) is 114 cm³/mol. The maximum atomic E-state index is 12.7. The molecule has 148 valence electrons. The van der Waals surface area contributed by atoms with Crippen LogP contribution in [0.3, 0.4) is 0 Å². The predicted octanol–water partition coefficient (Wildman–Crippen LogP) is 3.55. The Morgan fingerprint density at radius 3 is 2.41 bits per heavy atom. The van der Waals surface area contributed by atoms with Crippen LogP contribution in [0.2, 0.25) is 0 Å². The summed E-state index contributed by atoms with van der Waals surface area (Å²) in [6.07, 6.45) is 3.57. The Morgan fingerprint density at radius 2 is 1.69 bits per heavy atom. The van der Waals surface area contributed by atoms with Crippen molar-refractivity contribution in [3.05, 3.63) is 59.7 Å². The number of primary amides is 1. The molecule has 29 heavy (non-hydrogen) atoms. The third-order valence-corrected chi connectivity index (χ3v) is 5.79. The summed E-state index contributed by atoms with van der Waals surface area (Å²) >= 11 is 1.40. The molecule has 1 saturated heterocycles. The Bertz CT molecular complexity index is 1030. The van der Waals surface area contributed by atoms with Gasteiger partial charge in [0.05, 0.1) is 0 Å². The number of hydrogen-bond donors (Lipinski definition) is 2. The van der Waals surface area contributed by atoms with E-state index in [9.17, 15) is 9.59 Å². The fraction of sp³-hybridized carbons (Fsp3) is 0.238. The number of aromatic nitrogens is 2. The Morgan fingerprint density at radius 1 is 0.931 bits per heavy atom. The van der Waals surface area contributed by atoms with Crippen LogP contribution in [0.25, 0.3) is 11.1 Å². The van der Waals surface area contributed by atoms with E-state index in [-0.39, 0.29) is 5.91 Å². The number of rotatable bonds is 5. The highest BCUT2D eigenvalue weighted by Gasteiger charge is 2.17. The van der Waals surface area contributed by atoms with Crippen molar-refractivity contribution in [2.75, 3.05) is 23.3 Å². The fourth-order valence-electron chi connectivity index (χ4n) is 3.32. The molecule has 0 saturated carbocycles. The first-order valence-corrected chi connectivity index (χ1v) is 10.3. The van der Waals surface area contributed by atoms with Crippen molar-refractivity contribution in [3.8, 4) is 11.1 Å². The van der Waals surface area contributed by atoms with Crippen LogP contribution < -0.4 is 16.0 Å². The molecule has 3 aromatic rings. The summed E-state index contributed by atoms with van der Waals surface area (Å²) in [4.78, 5) is 26.1. The molecule has 0 unspecified atom stereocenters. The molecule has 2 aromatic carbocycles. The van der Waals surface area contributed by atoms with Gasteiger partial charge < -0.3 is 10.6 Å². The lowest BCUT2D eigenvalue weighted by atomic mass is 10.0. The molecular weight excluding hydrogens is 386 g/mol. The molecule has 1 aliphatic rings. The zero-order chi connectivity index (χ0) is 20.2. The van der Waals surface area contributed by atoms with Gasteiger partial charge in [-0.2, -0.15) is 0 Å². The summed E-state index contributed by atoms with van der Waals surface area (Å²) in [7, 11) is 0. The molecule has 7 nitrogen and oxygen atoms in total. The van der Waals surface area contributed by atoms with Gasteiger partial charge in [-0.1, -0.05) is 35.6 Å². The molecule has 0 bridgehead atoms. The third-order valence-electron chi connectivity index (χ3n) is 4.89. The highest BCUT2D eigenvalue weighted by atomic mass is 32.1. The Kier molecular flexibility index (Phi) is 5.53. The monoisotopic (exact) mass is 407 g/mol. The molecule has 2 heterocycles. The number of carbonyl (C=O) groups is 2. The normalized spacial score (nSPS) is 13.9. The van der Waals surface area contributed by atoms with Gasteiger partial charge in [0, 0.05) is 24.2 Å². The van der Waals surface area contributed by atoms with E-state index < -0.39 is 5.91 Å². The highest BCUT2D eigenvalue weighted by Crippen LogP contribution is 2.27. The molecular formula is C21H21N5O2S.